The van der Waals surface area contributed by atoms with E-state index in [2.05, 4.69) is 5.48 Å². The van der Waals surface area contributed by atoms with Gasteiger partial charge in [0.2, 0.25) is 6.29 Å². The molecule has 2 rings (SSSR count). The summed E-state index contributed by atoms with van der Waals surface area (Å²) in [6.45, 7) is -0.490. The molecule has 0 aromatic heterocycles. The zero-order valence-electron chi connectivity index (χ0n) is 10.1. The number of hydrogen-bond donors (Lipinski definition) is 5. The summed E-state index contributed by atoms with van der Waals surface area (Å²) in [6, 6.07) is 8.89. The van der Waals surface area contributed by atoms with Crippen molar-refractivity contribution in [3.8, 4) is 0 Å². The van der Waals surface area contributed by atoms with Gasteiger partial charge >= 0.3 is 0 Å². The Morgan fingerprint density at radius 1 is 1.05 bits per heavy atom. The Kier molecular flexibility index (Phi) is 4.70. The molecule has 19 heavy (non-hydrogen) atoms. The van der Waals surface area contributed by atoms with Gasteiger partial charge in [-0.25, -0.2) is 4.84 Å². The summed E-state index contributed by atoms with van der Waals surface area (Å²) in [6.07, 6.45) is -6.45. The van der Waals surface area contributed by atoms with Gasteiger partial charge in [0, 0.05) is 0 Å². The molecule has 0 unspecified atom stereocenters. The highest BCUT2D eigenvalue weighted by atomic mass is 16.8. The molecule has 1 aromatic carbocycles. The molecular weight excluding hydrogens is 254 g/mol. The SMILES string of the molecule is OC[C@H]1O[C@@H](ONc2ccccc2)[C@H](O)[C@@H](O)[C@@H]1O. The van der Waals surface area contributed by atoms with Gasteiger partial charge in [0.15, 0.2) is 0 Å². The van der Waals surface area contributed by atoms with E-state index in [0.29, 0.717) is 5.69 Å². The van der Waals surface area contributed by atoms with Gasteiger partial charge in [0.1, 0.15) is 24.4 Å². The van der Waals surface area contributed by atoms with Crippen LogP contribution in [-0.2, 0) is 9.57 Å². The van der Waals surface area contributed by atoms with Crippen molar-refractivity contribution in [1.82, 2.24) is 0 Å². The number of ether oxygens (including phenoxy) is 1. The van der Waals surface area contributed by atoms with Gasteiger partial charge in [-0.05, 0) is 12.1 Å². The second-order valence-corrected chi connectivity index (χ2v) is 4.28. The molecule has 1 aromatic rings. The van der Waals surface area contributed by atoms with Crippen molar-refractivity contribution in [3.63, 3.8) is 0 Å². The van der Waals surface area contributed by atoms with Crippen LogP contribution in [0.15, 0.2) is 30.3 Å². The third-order valence-corrected chi connectivity index (χ3v) is 2.92. The molecule has 5 atom stereocenters. The quantitative estimate of drug-likeness (QED) is 0.439. The van der Waals surface area contributed by atoms with Crippen molar-refractivity contribution in [3.05, 3.63) is 30.3 Å². The lowest BCUT2D eigenvalue weighted by molar-refractivity contribution is -0.294. The molecule has 0 radical (unpaired) electrons. The first-order chi connectivity index (χ1) is 9.13. The van der Waals surface area contributed by atoms with E-state index in [9.17, 15) is 15.3 Å². The van der Waals surface area contributed by atoms with Crippen molar-refractivity contribution in [2.75, 3.05) is 12.1 Å². The largest absolute Gasteiger partial charge is 0.394 e. The molecule has 0 aliphatic carbocycles. The summed E-state index contributed by atoms with van der Waals surface area (Å²) < 4.78 is 5.16. The zero-order valence-corrected chi connectivity index (χ0v) is 10.1. The lowest BCUT2D eigenvalue weighted by Gasteiger charge is -2.39. The summed E-state index contributed by atoms with van der Waals surface area (Å²) in [5.41, 5.74) is 3.20. The van der Waals surface area contributed by atoms with Crippen LogP contribution >= 0.6 is 0 Å². The van der Waals surface area contributed by atoms with Gasteiger partial charge in [-0.15, -0.1) is 0 Å². The minimum absolute atomic E-state index is 0.490. The Balaban J connectivity index is 1.95. The van der Waals surface area contributed by atoms with Gasteiger partial charge in [-0.2, -0.15) is 0 Å². The molecule has 1 fully saturated rings. The first kappa shape index (κ1) is 14.2. The molecule has 0 amide bonds. The lowest BCUT2D eigenvalue weighted by atomic mass is 9.99. The van der Waals surface area contributed by atoms with Gasteiger partial charge in [0.25, 0.3) is 0 Å². The predicted molar refractivity (Wildman–Crippen MR) is 64.9 cm³/mol. The molecule has 0 bridgehead atoms. The summed E-state index contributed by atoms with van der Waals surface area (Å²) >= 11 is 0. The number of rotatable bonds is 4. The fourth-order valence-electron chi connectivity index (χ4n) is 1.80. The average Bonchev–Trinajstić information content (AvgIpc) is 2.45. The molecule has 0 saturated carbocycles. The Morgan fingerprint density at radius 3 is 2.37 bits per heavy atom. The van der Waals surface area contributed by atoms with Crippen LogP contribution in [0.3, 0.4) is 0 Å². The fraction of sp³-hybridized carbons (Fsp3) is 0.500. The van der Waals surface area contributed by atoms with Gasteiger partial charge in [-0.3, -0.25) is 5.48 Å². The molecule has 1 saturated heterocycles. The van der Waals surface area contributed by atoms with Crippen molar-refractivity contribution >= 4 is 5.69 Å². The molecule has 1 heterocycles. The van der Waals surface area contributed by atoms with Crippen molar-refractivity contribution in [1.29, 1.82) is 0 Å². The van der Waals surface area contributed by atoms with Crippen LogP contribution in [0.2, 0.25) is 0 Å². The Morgan fingerprint density at radius 2 is 1.74 bits per heavy atom. The summed E-state index contributed by atoms with van der Waals surface area (Å²) in [4.78, 5) is 5.13. The van der Waals surface area contributed by atoms with Crippen molar-refractivity contribution in [2.24, 2.45) is 0 Å². The van der Waals surface area contributed by atoms with E-state index in [1.807, 2.05) is 6.07 Å². The number of para-hydroxylation sites is 1. The Labute approximate surface area is 110 Å². The van der Waals surface area contributed by atoms with Crippen LogP contribution < -0.4 is 5.48 Å². The second kappa shape index (κ2) is 6.29. The Bertz CT molecular complexity index is 387. The Hall–Kier alpha value is -1.22. The highest BCUT2D eigenvalue weighted by molar-refractivity contribution is 5.40. The van der Waals surface area contributed by atoms with E-state index in [1.165, 1.54) is 0 Å². The maximum Gasteiger partial charge on any atom is 0.212 e. The van der Waals surface area contributed by atoms with Crippen molar-refractivity contribution < 1.29 is 30.0 Å². The normalized spacial score (nSPS) is 35.1. The summed E-state index contributed by atoms with van der Waals surface area (Å²) in [5, 5.41) is 37.9. The highest BCUT2D eigenvalue weighted by Crippen LogP contribution is 2.22. The van der Waals surface area contributed by atoms with E-state index in [4.69, 9.17) is 14.7 Å². The number of anilines is 1. The van der Waals surface area contributed by atoms with Crippen LogP contribution in [0.5, 0.6) is 0 Å². The summed E-state index contributed by atoms with van der Waals surface area (Å²) in [7, 11) is 0. The first-order valence-corrected chi connectivity index (χ1v) is 5.90. The smallest absolute Gasteiger partial charge is 0.212 e. The van der Waals surface area contributed by atoms with Crippen molar-refractivity contribution in [2.45, 2.75) is 30.7 Å². The first-order valence-electron chi connectivity index (χ1n) is 5.90. The van der Waals surface area contributed by atoms with Crippen LogP contribution in [0, 0.1) is 0 Å². The minimum atomic E-state index is -1.45. The fourth-order valence-corrected chi connectivity index (χ4v) is 1.80. The monoisotopic (exact) mass is 271 g/mol. The van der Waals surface area contributed by atoms with E-state index in [0.717, 1.165) is 0 Å². The maximum atomic E-state index is 9.72. The van der Waals surface area contributed by atoms with Crippen LogP contribution in [0.1, 0.15) is 0 Å². The molecule has 5 N–H and O–H groups in total. The predicted octanol–water partition coefficient (Wildman–Crippen LogP) is -1.17. The maximum absolute atomic E-state index is 9.72. The van der Waals surface area contributed by atoms with Crippen LogP contribution in [-0.4, -0.2) is 57.7 Å². The third-order valence-electron chi connectivity index (χ3n) is 2.92. The second-order valence-electron chi connectivity index (χ2n) is 4.28. The minimum Gasteiger partial charge on any atom is -0.394 e. The topological polar surface area (TPSA) is 111 Å². The standard InChI is InChI=1S/C12H17NO6/c14-6-8-9(15)10(16)11(17)12(18-8)19-13-7-4-2-1-3-5-7/h1-5,8-17H,6H2/t8-,9-,10+,11-,12+/m1/s1. The lowest BCUT2D eigenvalue weighted by Crippen LogP contribution is -2.59. The molecular formula is C12H17NO6. The average molecular weight is 271 g/mol. The summed E-state index contributed by atoms with van der Waals surface area (Å²) in [5.74, 6) is 0. The molecule has 7 heteroatoms. The highest BCUT2D eigenvalue weighted by Gasteiger charge is 2.44. The van der Waals surface area contributed by atoms with Crippen LogP contribution in [0.25, 0.3) is 0 Å². The molecule has 7 nitrogen and oxygen atoms in total. The van der Waals surface area contributed by atoms with E-state index >= 15 is 0 Å². The number of aliphatic hydroxyl groups excluding tert-OH is 4. The zero-order chi connectivity index (χ0) is 13.8. The molecule has 1 aliphatic heterocycles. The number of aliphatic hydroxyl groups is 4. The number of nitrogens with one attached hydrogen (secondary N) is 1. The molecule has 106 valence electrons. The van der Waals surface area contributed by atoms with E-state index in [1.54, 1.807) is 24.3 Å². The van der Waals surface area contributed by atoms with Crippen LogP contribution in [0.4, 0.5) is 5.69 Å². The van der Waals surface area contributed by atoms with E-state index in [-0.39, 0.29) is 0 Å². The van der Waals surface area contributed by atoms with E-state index < -0.39 is 37.3 Å². The van der Waals surface area contributed by atoms with Gasteiger partial charge in [0.05, 0.1) is 12.3 Å². The number of hydrogen-bond acceptors (Lipinski definition) is 7. The molecule has 0 spiro atoms. The van der Waals surface area contributed by atoms with Gasteiger partial charge in [-0.1, -0.05) is 18.2 Å². The number of benzene rings is 1. The molecule has 1 aliphatic rings. The van der Waals surface area contributed by atoms with Gasteiger partial charge < -0.3 is 25.2 Å². The third kappa shape index (κ3) is 3.21.